The Balaban J connectivity index is 1.31. The molecule has 3 aliphatic rings. The highest BCUT2D eigenvalue weighted by molar-refractivity contribution is 5.37. The number of hydrogen-bond acceptors (Lipinski definition) is 1. The highest BCUT2D eigenvalue weighted by Crippen LogP contribution is 2.45. The van der Waals surface area contributed by atoms with E-state index in [9.17, 15) is 8.78 Å². The molecule has 1 unspecified atom stereocenters. The van der Waals surface area contributed by atoms with Gasteiger partial charge in [0, 0.05) is 0 Å². The third-order valence-electron chi connectivity index (χ3n) is 7.36. The van der Waals surface area contributed by atoms with Crippen molar-refractivity contribution < 1.29 is 13.5 Å². The first-order valence-electron chi connectivity index (χ1n) is 10.4. The van der Waals surface area contributed by atoms with E-state index in [1.54, 1.807) is 6.07 Å². The molecule has 1 aromatic rings. The Morgan fingerprint density at radius 1 is 0.846 bits per heavy atom. The molecule has 1 aliphatic heterocycles. The van der Waals surface area contributed by atoms with Gasteiger partial charge in [-0.2, -0.15) is 4.39 Å². The molecule has 4 rings (SSSR count). The molecule has 1 atom stereocenters. The van der Waals surface area contributed by atoms with Crippen LogP contribution in [0, 0.1) is 41.2 Å². The smallest absolute Gasteiger partial charge is 0.200 e. The van der Waals surface area contributed by atoms with Crippen molar-refractivity contribution in [2.24, 2.45) is 29.6 Å². The summed E-state index contributed by atoms with van der Waals surface area (Å²) in [6.07, 6.45) is 13.5. The summed E-state index contributed by atoms with van der Waals surface area (Å²) in [4.78, 5) is 0. The molecule has 0 amide bonds. The molecule has 0 saturated heterocycles. The Hall–Kier alpha value is -1.38. The van der Waals surface area contributed by atoms with Crippen LogP contribution in [-0.2, 0) is 6.42 Å². The fraction of sp³-hybridized carbons (Fsp3) is 0.652. The van der Waals surface area contributed by atoms with Crippen molar-refractivity contribution in [3.05, 3.63) is 42.0 Å². The summed E-state index contributed by atoms with van der Waals surface area (Å²) in [5.41, 5.74) is 0.838. The monoisotopic (exact) mass is 360 g/mol. The lowest BCUT2D eigenvalue weighted by Gasteiger charge is -2.40. The zero-order valence-corrected chi connectivity index (χ0v) is 15.6. The van der Waals surface area contributed by atoms with E-state index in [-0.39, 0.29) is 5.75 Å². The van der Waals surface area contributed by atoms with Crippen LogP contribution in [-0.4, -0.2) is 6.61 Å². The van der Waals surface area contributed by atoms with Crippen LogP contribution in [0.1, 0.15) is 56.9 Å². The van der Waals surface area contributed by atoms with Gasteiger partial charge in [0.05, 0.1) is 6.61 Å². The lowest BCUT2D eigenvalue weighted by atomic mass is 9.67. The van der Waals surface area contributed by atoms with Crippen LogP contribution < -0.4 is 4.74 Å². The van der Waals surface area contributed by atoms with E-state index in [2.05, 4.69) is 12.7 Å². The van der Waals surface area contributed by atoms with E-state index in [1.807, 2.05) is 0 Å². The molecule has 26 heavy (non-hydrogen) atoms. The molecule has 0 spiro atoms. The fourth-order valence-corrected chi connectivity index (χ4v) is 5.66. The average molecular weight is 360 g/mol. The maximum Gasteiger partial charge on any atom is 0.200 e. The zero-order chi connectivity index (χ0) is 18.1. The summed E-state index contributed by atoms with van der Waals surface area (Å²) < 4.78 is 32.9. The molecule has 2 fully saturated rings. The molecule has 2 saturated carbocycles. The number of hydrogen-bond donors (Lipinski definition) is 0. The van der Waals surface area contributed by atoms with E-state index < -0.39 is 11.6 Å². The van der Waals surface area contributed by atoms with Gasteiger partial charge in [-0.05, 0) is 99.0 Å². The van der Waals surface area contributed by atoms with Crippen LogP contribution in [0.25, 0.3) is 0 Å². The van der Waals surface area contributed by atoms with Gasteiger partial charge in [-0.15, -0.1) is 6.58 Å². The predicted molar refractivity (Wildman–Crippen MR) is 100 cm³/mol. The predicted octanol–water partition coefficient (Wildman–Crippen LogP) is 6.31. The quantitative estimate of drug-likeness (QED) is 0.574. The molecular weight excluding hydrogens is 330 g/mol. The molecule has 142 valence electrons. The Labute approximate surface area is 155 Å². The Morgan fingerprint density at radius 3 is 2.04 bits per heavy atom. The first-order valence-corrected chi connectivity index (χ1v) is 10.4. The molecule has 2 aliphatic carbocycles. The number of allylic oxidation sites excluding steroid dienone is 1. The number of ether oxygens (including phenoxy) is 1. The number of halogens is 2. The largest absolute Gasteiger partial charge is 0.490 e. The van der Waals surface area contributed by atoms with Crippen LogP contribution >= 0.6 is 0 Å². The minimum absolute atomic E-state index is 0.147. The highest BCUT2D eigenvalue weighted by atomic mass is 19.2. The maximum atomic E-state index is 13.9. The minimum Gasteiger partial charge on any atom is -0.490 e. The molecule has 1 nitrogen and oxygen atoms in total. The maximum absolute atomic E-state index is 13.9. The molecule has 0 aromatic heterocycles. The molecule has 0 N–H and O–H groups in total. The van der Waals surface area contributed by atoms with Gasteiger partial charge in [-0.25, -0.2) is 4.39 Å². The van der Waals surface area contributed by atoms with E-state index >= 15 is 0 Å². The Morgan fingerprint density at radius 2 is 1.42 bits per heavy atom. The summed E-state index contributed by atoms with van der Waals surface area (Å²) >= 11 is 0. The normalized spacial score (nSPS) is 34.6. The van der Waals surface area contributed by atoms with Crippen LogP contribution in [0.2, 0.25) is 0 Å². The Kier molecular flexibility index (Phi) is 5.33. The summed E-state index contributed by atoms with van der Waals surface area (Å²) in [5, 5.41) is 0. The molecule has 0 bridgehead atoms. The Bertz CT molecular complexity index is 640. The lowest BCUT2D eigenvalue weighted by Crippen LogP contribution is -2.33. The van der Waals surface area contributed by atoms with Crippen molar-refractivity contribution in [2.45, 2.75) is 57.8 Å². The van der Waals surface area contributed by atoms with Gasteiger partial charge >= 0.3 is 0 Å². The van der Waals surface area contributed by atoms with Crippen molar-refractivity contribution in [2.75, 3.05) is 6.61 Å². The number of rotatable bonds is 3. The third kappa shape index (κ3) is 3.54. The second kappa shape index (κ2) is 7.70. The van der Waals surface area contributed by atoms with Gasteiger partial charge in [0.1, 0.15) is 0 Å². The lowest BCUT2D eigenvalue weighted by molar-refractivity contribution is 0.0969. The van der Waals surface area contributed by atoms with Crippen LogP contribution in [0.5, 0.6) is 5.75 Å². The molecule has 3 heteroatoms. The van der Waals surface area contributed by atoms with E-state index in [0.29, 0.717) is 18.4 Å². The summed E-state index contributed by atoms with van der Waals surface area (Å²) in [5.74, 6) is 2.17. The van der Waals surface area contributed by atoms with Crippen molar-refractivity contribution in [3.8, 4) is 5.75 Å². The minimum atomic E-state index is -0.820. The van der Waals surface area contributed by atoms with E-state index in [4.69, 9.17) is 4.74 Å². The van der Waals surface area contributed by atoms with Crippen molar-refractivity contribution >= 4 is 0 Å². The molecule has 1 heterocycles. The topological polar surface area (TPSA) is 9.23 Å². The van der Waals surface area contributed by atoms with Crippen molar-refractivity contribution in [3.63, 3.8) is 0 Å². The second-order valence-corrected chi connectivity index (χ2v) is 8.71. The first-order chi connectivity index (χ1) is 12.7. The van der Waals surface area contributed by atoms with Crippen LogP contribution in [0.4, 0.5) is 8.78 Å². The summed E-state index contributed by atoms with van der Waals surface area (Å²) in [6, 6.07) is 2.93. The fourth-order valence-electron chi connectivity index (χ4n) is 5.66. The SMILES string of the molecule is C=CC1CCC(C2CCC(C3COc4c(ccc(F)c4F)C3)CC2)CC1. The molecule has 1 aromatic carbocycles. The molecular formula is C23H30F2O. The van der Waals surface area contributed by atoms with Crippen LogP contribution in [0.15, 0.2) is 24.8 Å². The molecule has 0 radical (unpaired) electrons. The van der Waals surface area contributed by atoms with Gasteiger partial charge in [-0.3, -0.25) is 0 Å². The van der Waals surface area contributed by atoms with Gasteiger partial charge in [0.2, 0.25) is 5.82 Å². The third-order valence-corrected chi connectivity index (χ3v) is 7.36. The number of benzene rings is 1. The van der Waals surface area contributed by atoms with Crippen LogP contribution in [0.3, 0.4) is 0 Å². The second-order valence-electron chi connectivity index (χ2n) is 8.71. The summed E-state index contributed by atoms with van der Waals surface area (Å²) in [7, 11) is 0. The van der Waals surface area contributed by atoms with Gasteiger partial charge < -0.3 is 4.74 Å². The highest BCUT2D eigenvalue weighted by Gasteiger charge is 2.35. The van der Waals surface area contributed by atoms with E-state index in [1.165, 1.54) is 57.4 Å². The van der Waals surface area contributed by atoms with Crippen molar-refractivity contribution in [1.29, 1.82) is 0 Å². The van der Waals surface area contributed by atoms with Crippen molar-refractivity contribution in [1.82, 2.24) is 0 Å². The van der Waals surface area contributed by atoms with E-state index in [0.717, 1.165) is 29.7 Å². The van der Waals surface area contributed by atoms with Gasteiger partial charge in [-0.1, -0.05) is 12.1 Å². The number of fused-ring (bicyclic) bond motifs is 1. The standard InChI is InChI=1S/C23H30F2O/c1-2-15-3-5-16(6-4-15)17-7-9-18(10-8-17)20-13-19-11-12-21(24)22(25)23(19)26-14-20/h2,11-12,15-18,20H,1,3-10,13-14H2. The average Bonchev–Trinajstić information content (AvgIpc) is 2.71. The zero-order valence-electron chi connectivity index (χ0n) is 15.6. The van der Waals surface area contributed by atoms with Gasteiger partial charge in [0.25, 0.3) is 0 Å². The van der Waals surface area contributed by atoms with Gasteiger partial charge in [0.15, 0.2) is 11.6 Å². The first kappa shape index (κ1) is 18.0. The summed E-state index contributed by atoms with van der Waals surface area (Å²) in [6.45, 7) is 4.49.